The third-order valence-corrected chi connectivity index (χ3v) is 5.00. The van der Waals surface area contributed by atoms with Crippen molar-refractivity contribution in [1.29, 1.82) is 0 Å². The first-order valence-corrected chi connectivity index (χ1v) is 7.07. The Balaban J connectivity index is 4.31. The van der Waals surface area contributed by atoms with Gasteiger partial charge in [0.05, 0.1) is 0 Å². The second-order valence-corrected chi connectivity index (χ2v) is 6.45. The maximum Gasteiger partial charge on any atom is 0.500 e. The van der Waals surface area contributed by atoms with E-state index in [-0.39, 0.29) is 12.4 Å². The van der Waals surface area contributed by atoms with Crippen LogP contribution < -0.4 is 5.73 Å². The molecule has 0 radical (unpaired) electrons. The Labute approximate surface area is 97.9 Å². The molecule has 2 N–H and O–H groups in total. The van der Waals surface area contributed by atoms with Crippen molar-refractivity contribution in [3.05, 3.63) is 12.2 Å². The normalized spacial score (nSPS) is 11.5. The highest BCUT2D eigenvalue weighted by Gasteiger charge is 2.38. The lowest BCUT2D eigenvalue weighted by atomic mass is 10.2. The van der Waals surface area contributed by atoms with Crippen molar-refractivity contribution in [3.8, 4) is 0 Å². The number of nitrogens with two attached hydrogens (primary N) is 1. The zero-order valence-electron chi connectivity index (χ0n) is 10.2. The predicted molar refractivity (Wildman–Crippen MR) is 64.0 cm³/mol. The number of hydrogen-bond acceptors (Lipinski definition) is 5. The van der Waals surface area contributed by atoms with Gasteiger partial charge in [-0.25, -0.2) is 0 Å². The van der Waals surface area contributed by atoms with E-state index in [1.165, 1.54) is 14.2 Å². The quantitative estimate of drug-likeness (QED) is 0.480. The number of Topliss-reactive ketones (excluding diaryl/α,β-unsaturated/α-hetero) is 1. The Kier molecular flexibility index (Phi) is 7.44. The summed E-state index contributed by atoms with van der Waals surface area (Å²) >= 11 is 0. The molecule has 0 aromatic carbocycles. The summed E-state index contributed by atoms with van der Waals surface area (Å²) < 4.78 is 16.0. The molecule has 0 amide bonds. The van der Waals surface area contributed by atoms with Crippen molar-refractivity contribution in [2.45, 2.75) is 19.4 Å². The number of ketones is 1. The van der Waals surface area contributed by atoms with Crippen LogP contribution in [0.25, 0.3) is 0 Å². The Morgan fingerprint density at radius 1 is 1.38 bits per heavy atom. The van der Waals surface area contributed by atoms with Gasteiger partial charge in [-0.2, -0.15) is 0 Å². The predicted octanol–water partition coefficient (Wildman–Crippen LogP) is 0.729. The zero-order chi connectivity index (χ0) is 12.6. The molecule has 0 heterocycles. The molecule has 0 saturated carbocycles. The van der Waals surface area contributed by atoms with Crippen LogP contribution in [0.5, 0.6) is 0 Å². The van der Waals surface area contributed by atoms with Crippen LogP contribution in [0.1, 0.15) is 13.3 Å². The lowest BCUT2D eigenvalue weighted by molar-refractivity contribution is -0.118. The molecular formula is C10H21NO4Si. The van der Waals surface area contributed by atoms with Gasteiger partial charge in [0, 0.05) is 20.3 Å². The SMILES string of the molecule is C=C(C)C(=O)CO[Si](CCCN)(OC)OC. The number of rotatable bonds is 9. The van der Waals surface area contributed by atoms with Crippen LogP contribution in [0.15, 0.2) is 12.2 Å². The smallest absolute Gasteiger partial charge is 0.377 e. The van der Waals surface area contributed by atoms with Crippen LogP contribution in [-0.2, 0) is 18.1 Å². The van der Waals surface area contributed by atoms with Gasteiger partial charge in [-0.1, -0.05) is 6.58 Å². The van der Waals surface area contributed by atoms with Crippen molar-refractivity contribution in [1.82, 2.24) is 0 Å². The van der Waals surface area contributed by atoms with Gasteiger partial charge in [-0.15, -0.1) is 0 Å². The minimum absolute atomic E-state index is 0.0478. The van der Waals surface area contributed by atoms with E-state index in [0.29, 0.717) is 18.2 Å². The molecule has 0 aliphatic carbocycles. The van der Waals surface area contributed by atoms with Gasteiger partial charge in [0.2, 0.25) is 0 Å². The van der Waals surface area contributed by atoms with E-state index in [1.54, 1.807) is 6.92 Å². The fourth-order valence-corrected chi connectivity index (χ4v) is 3.04. The first-order valence-electron chi connectivity index (χ1n) is 5.14. The first-order chi connectivity index (χ1) is 7.51. The molecule has 0 bridgehead atoms. The van der Waals surface area contributed by atoms with E-state index in [2.05, 4.69) is 6.58 Å². The number of hydrogen-bond donors (Lipinski definition) is 1. The van der Waals surface area contributed by atoms with Gasteiger partial charge in [0.25, 0.3) is 0 Å². The monoisotopic (exact) mass is 247 g/mol. The van der Waals surface area contributed by atoms with E-state index >= 15 is 0 Å². The molecule has 0 atom stereocenters. The van der Waals surface area contributed by atoms with Crippen molar-refractivity contribution < 1.29 is 18.1 Å². The van der Waals surface area contributed by atoms with Gasteiger partial charge in [-0.3, -0.25) is 4.79 Å². The Morgan fingerprint density at radius 3 is 2.31 bits per heavy atom. The highest BCUT2D eigenvalue weighted by atomic mass is 28.4. The molecule has 6 heteroatoms. The molecule has 16 heavy (non-hydrogen) atoms. The molecule has 0 aliphatic heterocycles. The maximum absolute atomic E-state index is 11.4. The second kappa shape index (κ2) is 7.69. The Bertz CT molecular complexity index is 241. The summed E-state index contributed by atoms with van der Waals surface area (Å²) in [5, 5.41) is 0. The van der Waals surface area contributed by atoms with Crippen LogP contribution >= 0.6 is 0 Å². The first kappa shape index (κ1) is 15.5. The largest absolute Gasteiger partial charge is 0.500 e. The molecular weight excluding hydrogens is 226 g/mol. The van der Waals surface area contributed by atoms with Crippen LogP contribution in [0.4, 0.5) is 0 Å². The summed E-state index contributed by atoms with van der Waals surface area (Å²) in [7, 11) is 0.336. The lowest BCUT2D eigenvalue weighted by Gasteiger charge is -2.25. The van der Waals surface area contributed by atoms with Crippen LogP contribution in [0.3, 0.4) is 0 Å². The minimum atomic E-state index is -2.72. The second-order valence-electron chi connectivity index (χ2n) is 3.48. The van der Waals surface area contributed by atoms with Crippen molar-refractivity contribution in [2.24, 2.45) is 5.73 Å². The molecule has 0 unspecified atom stereocenters. The Hall–Kier alpha value is -0.533. The molecule has 0 spiro atoms. The summed E-state index contributed by atoms with van der Waals surface area (Å²) in [6, 6.07) is 0.611. The molecule has 0 saturated heterocycles. The van der Waals surface area contributed by atoms with E-state index < -0.39 is 8.80 Å². The van der Waals surface area contributed by atoms with Crippen LogP contribution in [0.2, 0.25) is 6.04 Å². The fourth-order valence-electron chi connectivity index (χ4n) is 1.09. The minimum Gasteiger partial charge on any atom is -0.377 e. The summed E-state index contributed by atoms with van der Waals surface area (Å²) in [6.45, 7) is 5.69. The van der Waals surface area contributed by atoms with E-state index in [4.69, 9.17) is 19.0 Å². The van der Waals surface area contributed by atoms with Crippen molar-refractivity contribution >= 4 is 14.6 Å². The third kappa shape index (κ3) is 5.00. The van der Waals surface area contributed by atoms with E-state index in [0.717, 1.165) is 6.42 Å². The molecule has 94 valence electrons. The van der Waals surface area contributed by atoms with Gasteiger partial charge >= 0.3 is 8.80 Å². The summed E-state index contributed by atoms with van der Waals surface area (Å²) in [5.41, 5.74) is 5.89. The molecule has 5 nitrogen and oxygen atoms in total. The average Bonchev–Trinajstić information content (AvgIpc) is 2.29. The molecule has 0 rings (SSSR count). The van der Waals surface area contributed by atoms with Gasteiger partial charge in [-0.05, 0) is 25.5 Å². The van der Waals surface area contributed by atoms with Gasteiger partial charge in [0.1, 0.15) is 6.61 Å². The highest BCUT2D eigenvalue weighted by Crippen LogP contribution is 2.15. The molecule has 0 aliphatic rings. The Morgan fingerprint density at radius 2 is 1.94 bits per heavy atom. The summed E-state index contributed by atoms with van der Waals surface area (Å²) in [4.78, 5) is 11.4. The van der Waals surface area contributed by atoms with Gasteiger partial charge < -0.3 is 19.0 Å². The van der Waals surface area contributed by atoms with Crippen LogP contribution in [-0.4, -0.2) is 42.0 Å². The van der Waals surface area contributed by atoms with Crippen molar-refractivity contribution in [3.63, 3.8) is 0 Å². The van der Waals surface area contributed by atoms with E-state index in [1.807, 2.05) is 0 Å². The van der Waals surface area contributed by atoms with Crippen molar-refractivity contribution in [2.75, 3.05) is 27.4 Å². The summed E-state index contributed by atoms with van der Waals surface area (Å²) in [6.07, 6.45) is 0.745. The molecule has 0 aromatic heterocycles. The van der Waals surface area contributed by atoms with E-state index in [9.17, 15) is 4.79 Å². The maximum atomic E-state index is 11.4. The average molecular weight is 247 g/mol. The lowest BCUT2D eigenvalue weighted by Crippen LogP contribution is -2.45. The molecule has 0 fully saturated rings. The summed E-state index contributed by atoms with van der Waals surface area (Å²) in [5.74, 6) is -0.140. The topological polar surface area (TPSA) is 70.8 Å². The fraction of sp³-hybridized carbons (Fsp3) is 0.700. The molecule has 0 aromatic rings. The van der Waals surface area contributed by atoms with Gasteiger partial charge in [0.15, 0.2) is 5.78 Å². The third-order valence-electron chi connectivity index (χ3n) is 2.21. The number of carbonyl (C=O) groups is 1. The standard InChI is InChI=1S/C10H21NO4Si/c1-9(2)10(12)8-15-16(13-3,14-4)7-5-6-11/h1,5-8,11H2,2-4H3. The van der Waals surface area contributed by atoms with Crippen LogP contribution in [0, 0.1) is 0 Å². The zero-order valence-corrected chi connectivity index (χ0v) is 11.2. The highest BCUT2D eigenvalue weighted by molar-refractivity contribution is 6.60. The number of carbonyl (C=O) groups excluding carboxylic acids is 1.